The Kier molecular flexibility index (Phi) is 5.42. The van der Waals surface area contributed by atoms with E-state index in [-0.39, 0.29) is 16.1 Å². The molecule has 0 aromatic carbocycles. The van der Waals surface area contributed by atoms with Gasteiger partial charge in [-0.1, -0.05) is 6.92 Å². The molecule has 1 heterocycles. The molecular weight excluding hydrogens is 279 g/mol. The lowest BCUT2D eigenvalue weighted by Gasteiger charge is -2.15. The number of aromatic nitrogens is 2. The SMILES string of the molecule is CCNc1cc(SC(C)C(C)O)nc(C(F)(F)F)n1. The van der Waals surface area contributed by atoms with E-state index >= 15 is 0 Å². The molecule has 1 rings (SSSR count). The number of rotatable bonds is 5. The van der Waals surface area contributed by atoms with Crippen LogP contribution in [0.25, 0.3) is 0 Å². The number of hydrogen-bond donors (Lipinski definition) is 2. The molecule has 0 bridgehead atoms. The number of thioether (sulfide) groups is 1. The van der Waals surface area contributed by atoms with Crippen LogP contribution in [0.4, 0.5) is 19.0 Å². The van der Waals surface area contributed by atoms with Crippen molar-refractivity contribution in [3.8, 4) is 0 Å². The van der Waals surface area contributed by atoms with Crippen molar-refractivity contribution in [2.75, 3.05) is 11.9 Å². The van der Waals surface area contributed by atoms with E-state index < -0.39 is 18.1 Å². The molecule has 0 saturated heterocycles. The van der Waals surface area contributed by atoms with Crippen molar-refractivity contribution in [3.63, 3.8) is 0 Å². The molecule has 0 amide bonds. The van der Waals surface area contributed by atoms with Crippen LogP contribution in [0.1, 0.15) is 26.6 Å². The van der Waals surface area contributed by atoms with E-state index in [9.17, 15) is 18.3 Å². The maximum Gasteiger partial charge on any atom is 0.451 e. The van der Waals surface area contributed by atoms with Gasteiger partial charge in [0.05, 0.1) is 6.10 Å². The number of alkyl halides is 3. The molecule has 2 unspecified atom stereocenters. The summed E-state index contributed by atoms with van der Waals surface area (Å²) in [6, 6.07) is 1.45. The van der Waals surface area contributed by atoms with Crippen molar-refractivity contribution in [2.45, 2.75) is 43.3 Å². The molecule has 0 spiro atoms. The fourth-order valence-electron chi connectivity index (χ4n) is 1.17. The lowest BCUT2D eigenvalue weighted by molar-refractivity contribution is -0.145. The number of nitrogens with one attached hydrogen (secondary N) is 1. The predicted octanol–water partition coefficient (Wildman–Crippen LogP) is 2.79. The molecule has 19 heavy (non-hydrogen) atoms. The number of halogens is 3. The smallest absolute Gasteiger partial charge is 0.392 e. The van der Waals surface area contributed by atoms with Crippen molar-refractivity contribution in [1.29, 1.82) is 0 Å². The molecule has 0 aliphatic carbocycles. The van der Waals surface area contributed by atoms with Crippen LogP contribution in [-0.4, -0.2) is 33.0 Å². The van der Waals surface area contributed by atoms with E-state index in [0.717, 1.165) is 11.8 Å². The molecular formula is C11H16F3N3OS. The van der Waals surface area contributed by atoms with Gasteiger partial charge in [-0.2, -0.15) is 13.2 Å². The Morgan fingerprint density at radius 3 is 2.47 bits per heavy atom. The van der Waals surface area contributed by atoms with Crippen LogP contribution >= 0.6 is 11.8 Å². The maximum absolute atomic E-state index is 12.7. The molecule has 108 valence electrons. The molecule has 0 fully saturated rings. The van der Waals surface area contributed by atoms with Gasteiger partial charge in [0.25, 0.3) is 0 Å². The quantitative estimate of drug-likeness (QED) is 0.646. The summed E-state index contributed by atoms with van der Waals surface area (Å²) in [6.07, 6.45) is -5.23. The molecule has 1 aromatic rings. The van der Waals surface area contributed by atoms with Crippen LogP contribution in [0.5, 0.6) is 0 Å². The van der Waals surface area contributed by atoms with Gasteiger partial charge in [0, 0.05) is 17.9 Å². The molecule has 0 aliphatic rings. The van der Waals surface area contributed by atoms with Crippen molar-refractivity contribution >= 4 is 17.6 Å². The Balaban J connectivity index is 3.06. The van der Waals surface area contributed by atoms with Gasteiger partial charge >= 0.3 is 6.18 Å². The second-order valence-electron chi connectivity index (χ2n) is 4.01. The molecule has 1 aromatic heterocycles. The molecule has 0 radical (unpaired) electrons. The third-order valence-corrected chi connectivity index (χ3v) is 3.52. The summed E-state index contributed by atoms with van der Waals surface area (Å²) in [7, 11) is 0. The highest BCUT2D eigenvalue weighted by Gasteiger charge is 2.35. The highest BCUT2D eigenvalue weighted by Crippen LogP contribution is 2.31. The van der Waals surface area contributed by atoms with E-state index in [2.05, 4.69) is 15.3 Å². The minimum atomic E-state index is -4.59. The molecule has 2 atom stereocenters. The summed E-state index contributed by atoms with van der Waals surface area (Å²) in [4.78, 5) is 6.91. The van der Waals surface area contributed by atoms with Crippen LogP contribution in [0.3, 0.4) is 0 Å². The number of aliphatic hydroxyl groups is 1. The van der Waals surface area contributed by atoms with Crippen molar-refractivity contribution in [2.24, 2.45) is 0 Å². The van der Waals surface area contributed by atoms with Crippen LogP contribution < -0.4 is 5.32 Å². The monoisotopic (exact) mass is 295 g/mol. The zero-order valence-corrected chi connectivity index (χ0v) is 11.6. The summed E-state index contributed by atoms with van der Waals surface area (Å²) in [5, 5.41) is 12.0. The topological polar surface area (TPSA) is 58.0 Å². The molecule has 2 N–H and O–H groups in total. The number of hydrogen-bond acceptors (Lipinski definition) is 5. The van der Waals surface area contributed by atoms with E-state index in [1.54, 1.807) is 20.8 Å². The lowest BCUT2D eigenvalue weighted by Crippen LogP contribution is -2.17. The molecule has 4 nitrogen and oxygen atoms in total. The highest BCUT2D eigenvalue weighted by molar-refractivity contribution is 7.99. The van der Waals surface area contributed by atoms with E-state index in [0.29, 0.717) is 6.54 Å². The minimum Gasteiger partial charge on any atom is -0.392 e. The second-order valence-corrected chi connectivity index (χ2v) is 5.40. The Bertz CT molecular complexity index is 426. The largest absolute Gasteiger partial charge is 0.451 e. The Labute approximate surface area is 113 Å². The summed E-state index contributed by atoms with van der Waals surface area (Å²) in [5.41, 5.74) is 0. The molecule has 0 saturated carbocycles. The van der Waals surface area contributed by atoms with Gasteiger partial charge in [-0.3, -0.25) is 0 Å². The zero-order valence-electron chi connectivity index (χ0n) is 10.8. The van der Waals surface area contributed by atoms with Gasteiger partial charge in [0.2, 0.25) is 5.82 Å². The molecule has 0 aliphatic heterocycles. The van der Waals surface area contributed by atoms with Crippen molar-refractivity contribution in [3.05, 3.63) is 11.9 Å². The Morgan fingerprint density at radius 2 is 2.00 bits per heavy atom. The van der Waals surface area contributed by atoms with Gasteiger partial charge in [-0.05, 0) is 13.8 Å². The predicted molar refractivity (Wildman–Crippen MR) is 68.2 cm³/mol. The first-order valence-electron chi connectivity index (χ1n) is 5.79. The van der Waals surface area contributed by atoms with Gasteiger partial charge in [-0.15, -0.1) is 11.8 Å². The summed E-state index contributed by atoms with van der Waals surface area (Å²) >= 11 is 1.08. The average Bonchev–Trinajstić information content (AvgIpc) is 2.27. The zero-order chi connectivity index (χ0) is 14.6. The third-order valence-electron chi connectivity index (χ3n) is 2.30. The van der Waals surface area contributed by atoms with Gasteiger partial charge in [-0.25, -0.2) is 9.97 Å². The number of anilines is 1. The fraction of sp³-hybridized carbons (Fsp3) is 0.636. The van der Waals surface area contributed by atoms with E-state index in [1.165, 1.54) is 6.07 Å². The Hall–Kier alpha value is -1.02. The summed E-state index contributed by atoms with van der Waals surface area (Å²) < 4.78 is 38.0. The van der Waals surface area contributed by atoms with Gasteiger partial charge in [0.15, 0.2) is 0 Å². The third kappa shape index (κ3) is 4.87. The molecule has 8 heteroatoms. The number of nitrogens with zero attached hydrogens (tertiary/aromatic N) is 2. The summed E-state index contributed by atoms with van der Waals surface area (Å²) in [5.74, 6) is -1.05. The Morgan fingerprint density at radius 1 is 1.37 bits per heavy atom. The second kappa shape index (κ2) is 6.42. The first kappa shape index (κ1) is 16.0. The van der Waals surface area contributed by atoms with E-state index in [4.69, 9.17) is 0 Å². The van der Waals surface area contributed by atoms with Crippen LogP contribution in [-0.2, 0) is 6.18 Å². The van der Waals surface area contributed by atoms with Crippen LogP contribution in [0.15, 0.2) is 11.1 Å². The fourth-order valence-corrected chi connectivity index (χ4v) is 2.07. The van der Waals surface area contributed by atoms with Crippen molar-refractivity contribution in [1.82, 2.24) is 9.97 Å². The highest BCUT2D eigenvalue weighted by atomic mass is 32.2. The minimum absolute atomic E-state index is 0.130. The van der Waals surface area contributed by atoms with Gasteiger partial charge in [0.1, 0.15) is 10.8 Å². The van der Waals surface area contributed by atoms with Gasteiger partial charge < -0.3 is 10.4 Å². The number of aliphatic hydroxyl groups excluding tert-OH is 1. The standard InChI is InChI=1S/C11H16F3N3OS/c1-4-15-8-5-9(19-7(3)6(2)18)17-10(16-8)11(12,13)14/h5-7,18H,4H2,1-3H3,(H,15,16,17). The normalized spacial score (nSPS) is 15.1. The summed E-state index contributed by atoms with van der Waals surface area (Å²) in [6.45, 7) is 5.53. The van der Waals surface area contributed by atoms with Crippen molar-refractivity contribution < 1.29 is 18.3 Å². The maximum atomic E-state index is 12.7. The first-order chi connectivity index (χ1) is 8.74. The first-order valence-corrected chi connectivity index (χ1v) is 6.67. The van der Waals surface area contributed by atoms with Crippen LogP contribution in [0, 0.1) is 0 Å². The van der Waals surface area contributed by atoms with Crippen LogP contribution in [0.2, 0.25) is 0 Å². The lowest BCUT2D eigenvalue weighted by atomic mass is 10.3. The van der Waals surface area contributed by atoms with E-state index in [1.807, 2.05) is 0 Å². The average molecular weight is 295 g/mol.